The van der Waals surface area contributed by atoms with Crippen LogP contribution in [0.4, 0.5) is 5.95 Å². The highest BCUT2D eigenvalue weighted by molar-refractivity contribution is 5.90. The van der Waals surface area contributed by atoms with E-state index in [9.17, 15) is 9.59 Å². The number of aromatic nitrogens is 2. The molecule has 1 aromatic heterocycles. The fourth-order valence-corrected chi connectivity index (χ4v) is 1.98. The first-order chi connectivity index (χ1) is 8.78. The number of likely N-dealkylation sites (tertiary alicyclic amines) is 1. The summed E-state index contributed by atoms with van der Waals surface area (Å²) in [7, 11) is 0. The topological polar surface area (TPSA) is 75.2 Å². The zero-order chi connectivity index (χ0) is 12.8. The number of carbonyl (C=O) groups is 2. The lowest BCUT2D eigenvalue weighted by atomic mass is 9.99. The second-order valence-electron chi connectivity index (χ2n) is 4.37. The maximum Gasteiger partial charge on any atom is 0.240 e. The zero-order valence-electron chi connectivity index (χ0n) is 10.1. The molecule has 1 N–H and O–H groups in total. The summed E-state index contributed by atoms with van der Waals surface area (Å²) in [6.45, 7) is 1.89. The number of aldehydes is 1. The van der Waals surface area contributed by atoms with Crippen LogP contribution in [0.1, 0.15) is 12.8 Å². The van der Waals surface area contributed by atoms with Crippen LogP contribution >= 0.6 is 0 Å². The van der Waals surface area contributed by atoms with Crippen molar-refractivity contribution >= 4 is 18.1 Å². The number of hydrogen-bond acceptors (Lipinski definition) is 5. The summed E-state index contributed by atoms with van der Waals surface area (Å²) in [4.78, 5) is 32.2. The van der Waals surface area contributed by atoms with E-state index in [2.05, 4.69) is 15.3 Å². The minimum Gasteiger partial charge on any atom is -0.303 e. The fourth-order valence-electron chi connectivity index (χ4n) is 1.98. The van der Waals surface area contributed by atoms with E-state index in [0.29, 0.717) is 12.5 Å². The smallest absolute Gasteiger partial charge is 0.240 e. The van der Waals surface area contributed by atoms with Crippen molar-refractivity contribution in [2.24, 2.45) is 5.92 Å². The van der Waals surface area contributed by atoms with Crippen molar-refractivity contribution in [1.82, 2.24) is 14.9 Å². The Morgan fingerprint density at radius 3 is 2.67 bits per heavy atom. The molecule has 1 aliphatic rings. The Labute approximate surface area is 105 Å². The van der Waals surface area contributed by atoms with Crippen molar-refractivity contribution in [3.63, 3.8) is 0 Å². The van der Waals surface area contributed by atoms with Crippen LogP contribution in [0.3, 0.4) is 0 Å². The molecule has 18 heavy (non-hydrogen) atoms. The van der Waals surface area contributed by atoms with E-state index in [1.807, 2.05) is 4.90 Å². The quantitative estimate of drug-likeness (QED) is 0.777. The van der Waals surface area contributed by atoms with Crippen LogP contribution in [0, 0.1) is 5.92 Å². The van der Waals surface area contributed by atoms with Gasteiger partial charge < -0.3 is 4.79 Å². The molecule has 1 aromatic rings. The molecule has 0 aromatic carbocycles. The van der Waals surface area contributed by atoms with Crippen LogP contribution < -0.4 is 5.32 Å². The van der Waals surface area contributed by atoms with Gasteiger partial charge in [-0.2, -0.15) is 0 Å². The first kappa shape index (κ1) is 12.6. The number of nitrogens with one attached hydrogen (secondary N) is 1. The predicted molar refractivity (Wildman–Crippen MR) is 65.9 cm³/mol. The zero-order valence-corrected chi connectivity index (χ0v) is 10.1. The lowest BCUT2D eigenvalue weighted by Gasteiger charge is -2.28. The maximum atomic E-state index is 11.7. The molecule has 2 rings (SSSR count). The van der Waals surface area contributed by atoms with E-state index >= 15 is 0 Å². The van der Waals surface area contributed by atoms with Crippen molar-refractivity contribution in [3.8, 4) is 0 Å². The highest BCUT2D eigenvalue weighted by Crippen LogP contribution is 2.14. The summed E-state index contributed by atoms with van der Waals surface area (Å²) in [6.07, 6.45) is 5.84. The minimum atomic E-state index is -0.120. The largest absolute Gasteiger partial charge is 0.303 e. The van der Waals surface area contributed by atoms with Crippen molar-refractivity contribution in [2.45, 2.75) is 12.8 Å². The van der Waals surface area contributed by atoms with Crippen molar-refractivity contribution in [1.29, 1.82) is 0 Å². The van der Waals surface area contributed by atoms with Crippen molar-refractivity contribution in [2.75, 3.05) is 25.0 Å². The van der Waals surface area contributed by atoms with Crippen LogP contribution in [0.5, 0.6) is 0 Å². The number of piperidine rings is 1. The molecule has 0 bridgehead atoms. The SMILES string of the molecule is O=CC1CCN(CC(=O)Nc2ncccn2)CC1. The third kappa shape index (κ3) is 3.59. The first-order valence-corrected chi connectivity index (χ1v) is 6.02. The second kappa shape index (κ2) is 6.20. The summed E-state index contributed by atoms with van der Waals surface area (Å²) < 4.78 is 0. The van der Waals surface area contributed by atoms with Gasteiger partial charge in [0.1, 0.15) is 6.29 Å². The molecule has 6 nitrogen and oxygen atoms in total. The molecule has 0 spiro atoms. The molecular formula is C12H16N4O2. The molecule has 0 atom stereocenters. The maximum absolute atomic E-state index is 11.7. The van der Waals surface area contributed by atoms with Gasteiger partial charge in [0, 0.05) is 18.3 Å². The summed E-state index contributed by atoms with van der Waals surface area (Å²) >= 11 is 0. The molecule has 96 valence electrons. The summed E-state index contributed by atoms with van der Waals surface area (Å²) in [6, 6.07) is 1.69. The Kier molecular flexibility index (Phi) is 4.35. The average Bonchev–Trinajstić information content (AvgIpc) is 2.40. The molecule has 0 unspecified atom stereocenters. The van der Waals surface area contributed by atoms with Gasteiger partial charge in [0.2, 0.25) is 11.9 Å². The predicted octanol–water partition coefficient (Wildman–Crippen LogP) is 0.326. The van der Waals surface area contributed by atoms with Gasteiger partial charge >= 0.3 is 0 Å². The average molecular weight is 248 g/mol. The highest BCUT2D eigenvalue weighted by Gasteiger charge is 2.20. The molecule has 1 aliphatic heterocycles. The van der Waals surface area contributed by atoms with Crippen LogP contribution in [0.25, 0.3) is 0 Å². The monoisotopic (exact) mass is 248 g/mol. The van der Waals surface area contributed by atoms with Crippen molar-refractivity contribution in [3.05, 3.63) is 18.5 Å². The van der Waals surface area contributed by atoms with Gasteiger partial charge in [0.25, 0.3) is 0 Å². The Morgan fingerprint density at radius 1 is 1.39 bits per heavy atom. The Hall–Kier alpha value is -1.82. The van der Waals surface area contributed by atoms with Crippen LogP contribution in [0.15, 0.2) is 18.5 Å². The van der Waals surface area contributed by atoms with Gasteiger partial charge in [-0.1, -0.05) is 0 Å². The molecule has 1 amide bonds. The number of nitrogens with zero attached hydrogens (tertiary/aromatic N) is 3. The van der Waals surface area contributed by atoms with E-state index in [4.69, 9.17) is 0 Å². The fraction of sp³-hybridized carbons (Fsp3) is 0.500. The van der Waals surface area contributed by atoms with Gasteiger partial charge in [-0.15, -0.1) is 0 Å². The van der Waals surface area contributed by atoms with Crippen LogP contribution in [0.2, 0.25) is 0 Å². The van der Waals surface area contributed by atoms with E-state index in [-0.39, 0.29) is 11.8 Å². The minimum absolute atomic E-state index is 0.120. The standard InChI is InChI=1S/C12H16N4O2/c17-9-10-2-6-16(7-3-10)8-11(18)15-12-13-4-1-5-14-12/h1,4-5,9-10H,2-3,6-8H2,(H,13,14,15,18). The number of carbonyl (C=O) groups excluding carboxylic acids is 2. The van der Waals surface area contributed by atoms with Gasteiger partial charge in [0.05, 0.1) is 6.54 Å². The van der Waals surface area contributed by atoms with Crippen LogP contribution in [-0.4, -0.2) is 46.7 Å². The third-order valence-corrected chi connectivity index (χ3v) is 3.01. The molecule has 0 aliphatic carbocycles. The molecule has 6 heteroatoms. The summed E-state index contributed by atoms with van der Waals surface area (Å²) in [5, 5.41) is 2.64. The molecule has 1 saturated heterocycles. The lowest BCUT2D eigenvalue weighted by Crippen LogP contribution is -2.39. The highest BCUT2D eigenvalue weighted by atomic mass is 16.2. The number of hydrogen-bond donors (Lipinski definition) is 1. The van der Waals surface area contributed by atoms with Gasteiger partial charge in [-0.05, 0) is 32.0 Å². The van der Waals surface area contributed by atoms with E-state index in [1.165, 1.54) is 0 Å². The van der Waals surface area contributed by atoms with Crippen LogP contribution in [-0.2, 0) is 9.59 Å². The molecular weight excluding hydrogens is 232 g/mol. The third-order valence-electron chi connectivity index (χ3n) is 3.01. The van der Waals surface area contributed by atoms with Gasteiger partial charge in [-0.3, -0.25) is 15.0 Å². The number of amides is 1. The van der Waals surface area contributed by atoms with E-state index in [1.54, 1.807) is 18.5 Å². The molecule has 1 fully saturated rings. The van der Waals surface area contributed by atoms with E-state index < -0.39 is 0 Å². The Morgan fingerprint density at radius 2 is 2.06 bits per heavy atom. The molecule has 0 radical (unpaired) electrons. The molecule has 2 heterocycles. The number of anilines is 1. The Bertz CT molecular complexity index is 402. The summed E-state index contributed by atoms with van der Waals surface area (Å²) in [5.74, 6) is 0.359. The van der Waals surface area contributed by atoms with Gasteiger partial charge in [0.15, 0.2) is 0 Å². The molecule has 0 saturated carbocycles. The normalized spacial score (nSPS) is 17.3. The van der Waals surface area contributed by atoms with E-state index in [0.717, 1.165) is 32.2 Å². The Balaban J connectivity index is 1.77. The van der Waals surface area contributed by atoms with Crippen molar-refractivity contribution < 1.29 is 9.59 Å². The van der Waals surface area contributed by atoms with Gasteiger partial charge in [-0.25, -0.2) is 9.97 Å². The summed E-state index contributed by atoms with van der Waals surface area (Å²) in [5.41, 5.74) is 0. The first-order valence-electron chi connectivity index (χ1n) is 6.02. The lowest BCUT2D eigenvalue weighted by molar-refractivity contribution is -0.117. The number of rotatable bonds is 4. The second-order valence-corrected chi connectivity index (χ2v) is 4.37.